The minimum absolute atomic E-state index is 0.286. The monoisotopic (exact) mass is 424 g/mol. The fourth-order valence-corrected chi connectivity index (χ4v) is 4.81. The van der Waals surface area contributed by atoms with Gasteiger partial charge in [-0.25, -0.2) is 17.2 Å². The molecule has 0 N–H and O–H groups in total. The predicted molar refractivity (Wildman–Crippen MR) is 107 cm³/mol. The van der Waals surface area contributed by atoms with Gasteiger partial charge in [0.1, 0.15) is 16.5 Å². The number of rotatable bonds is 9. The van der Waals surface area contributed by atoms with Crippen LogP contribution in [0.4, 0.5) is 8.78 Å². The number of halogens is 2. The first-order valence-corrected chi connectivity index (χ1v) is 11.2. The van der Waals surface area contributed by atoms with Gasteiger partial charge >= 0.3 is 0 Å². The molecule has 0 bridgehead atoms. The Morgan fingerprint density at radius 3 is 2.34 bits per heavy atom. The molecule has 158 valence electrons. The van der Waals surface area contributed by atoms with Crippen molar-refractivity contribution in [1.29, 1.82) is 0 Å². The van der Waals surface area contributed by atoms with Crippen LogP contribution in [0.3, 0.4) is 0 Å². The van der Waals surface area contributed by atoms with Crippen LogP contribution >= 0.6 is 0 Å². The summed E-state index contributed by atoms with van der Waals surface area (Å²) in [7, 11) is -3.95. The number of hydrogen-bond donors (Lipinski definition) is 0. The van der Waals surface area contributed by atoms with Crippen molar-refractivity contribution in [2.45, 2.75) is 17.7 Å². The SMILES string of the molecule is O=S(=O)(c1ccc(F)cc1F)N1CCN(CCCOCCc2ccccc2)CC1. The smallest absolute Gasteiger partial charge is 0.246 e. The van der Waals surface area contributed by atoms with E-state index in [1.54, 1.807) is 0 Å². The Bertz CT molecular complexity index is 886. The molecule has 1 heterocycles. The van der Waals surface area contributed by atoms with Gasteiger partial charge in [0, 0.05) is 45.4 Å². The number of hydrogen-bond acceptors (Lipinski definition) is 4. The lowest BCUT2D eigenvalue weighted by atomic mass is 10.2. The topological polar surface area (TPSA) is 49.9 Å². The first-order valence-electron chi connectivity index (χ1n) is 9.76. The molecule has 0 atom stereocenters. The van der Waals surface area contributed by atoms with Crippen LogP contribution in [-0.4, -0.2) is 63.6 Å². The molecule has 8 heteroatoms. The number of benzene rings is 2. The molecule has 0 radical (unpaired) electrons. The summed E-state index contributed by atoms with van der Waals surface area (Å²) in [6.45, 7) is 3.88. The van der Waals surface area contributed by atoms with Crippen molar-refractivity contribution >= 4 is 10.0 Å². The quantitative estimate of drug-likeness (QED) is 0.581. The van der Waals surface area contributed by atoms with Crippen molar-refractivity contribution in [3.05, 3.63) is 65.7 Å². The zero-order chi connectivity index (χ0) is 20.7. The summed E-state index contributed by atoms with van der Waals surface area (Å²) < 4.78 is 59.1. The summed E-state index contributed by atoms with van der Waals surface area (Å²) in [4.78, 5) is 1.70. The third kappa shape index (κ3) is 6.05. The normalized spacial score (nSPS) is 16.2. The Balaban J connectivity index is 1.37. The molecule has 1 saturated heterocycles. The van der Waals surface area contributed by atoms with Crippen LogP contribution in [-0.2, 0) is 21.2 Å². The van der Waals surface area contributed by atoms with Crippen molar-refractivity contribution in [2.24, 2.45) is 0 Å². The Labute approximate surface area is 170 Å². The molecule has 2 aromatic carbocycles. The van der Waals surface area contributed by atoms with Gasteiger partial charge in [0.2, 0.25) is 10.0 Å². The predicted octanol–water partition coefficient (Wildman–Crippen LogP) is 2.92. The molecule has 5 nitrogen and oxygen atoms in total. The molecule has 0 aliphatic carbocycles. The van der Waals surface area contributed by atoms with E-state index in [2.05, 4.69) is 17.0 Å². The van der Waals surface area contributed by atoms with Crippen LogP contribution in [0.1, 0.15) is 12.0 Å². The highest BCUT2D eigenvalue weighted by atomic mass is 32.2. The molecule has 0 amide bonds. The summed E-state index contributed by atoms with van der Waals surface area (Å²) in [6.07, 6.45) is 1.76. The number of sulfonamides is 1. The number of piperazine rings is 1. The van der Waals surface area contributed by atoms with Gasteiger partial charge in [-0.3, -0.25) is 0 Å². The lowest BCUT2D eigenvalue weighted by Gasteiger charge is -2.34. The molecule has 3 rings (SSSR count). The molecule has 0 saturated carbocycles. The maximum atomic E-state index is 13.9. The second kappa shape index (κ2) is 10.2. The standard InChI is InChI=1S/C21H26F2N2O3S/c22-19-7-8-21(20(23)17-19)29(26,27)25-13-11-24(12-14-25)10-4-15-28-16-9-18-5-2-1-3-6-18/h1-3,5-8,17H,4,9-16H2. The van der Waals surface area contributed by atoms with E-state index >= 15 is 0 Å². The largest absolute Gasteiger partial charge is 0.381 e. The molecular weight excluding hydrogens is 398 g/mol. The highest BCUT2D eigenvalue weighted by molar-refractivity contribution is 7.89. The van der Waals surface area contributed by atoms with E-state index in [0.29, 0.717) is 32.4 Å². The van der Waals surface area contributed by atoms with Crippen LogP contribution in [0.15, 0.2) is 53.4 Å². The summed E-state index contributed by atoms with van der Waals surface area (Å²) >= 11 is 0. The first kappa shape index (κ1) is 21.8. The molecule has 0 unspecified atom stereocenters. The third-order valence-electron chi connectivity index (χ3n) is 4.98. The van der Waals surface area contributed by atoms with Gasteiger partial charge < -0.3 is 9.64 Å². The average Bonchev–Trinajstić information content (AvgIpc) is 2.71. The van der Waals surface area contributed by atoms with Gasteiger partial charge in [0.05, 0.1) is 6.61 Å². The summed E-state index contributed by atoms with van der Waals surface area (Å²) in [6, 6.07) is 12.7. The molecule has 0 spiro atoms. The Hall–Kier alpha value is -1.87. The van der Waals surface area contributed by atoms with Gasteiger partial charge in [-0.1, -0.05) is 30.3 Å². The van der Waals surface area contributed by atoms with Crippen molar-refractivity contribution < 1.29 is 21.9 Å². The van der Waals surface area contributed by atoms with Crippen molar-refractivity contribution in [3.63, 3.8) is 0 Å². The fraction of sp³-hybridized carbons (Fsp3) is 0.429. The minimum Gasteiger partial charge on any atom is -0.381 e. The first-order chi connectivity index (χ1) is 14.0. The van der Waals surface area contributed by atoms with Crippen molar-refractivity contribution in [2.75, 3.05) is 45.9 Å². The van der Waals surface area contributed by atoms with Gasteiger partial charge in [-0.05, 0) is 30.5 Å². The zero-order valence-electron chi connectivity index (χ0n) is 16.3. The van der Waals surface area contributed by atoms with E-state index in [0.717, 1.165) is 31.5 Å². The molecule has 2 aromatic rings. The summed E-state index contributed by atoms with van der Waals surface area (Å²) in [5.41, 5.74) is 1.25. The minimum atomic E-state index is -3.95. The van der Waals surface area contributed by atoms with Gasteiger partial charge in [-0.15, -0.1) is 0 Å². The summed E-state index contributed by atoms with van der Waals surface area (Å²) in [5, 5.41) is 0. The Morgan fingerprint density at radius 2 is 1.66 bits per heavy atom. The Morgan fingerprint density at radius 1 is 0.931 bits per heavy atom. The van der Waals surface area contributed by atoms with E-state index in [-0.39, 0.29) is 13.1 Å². The van der Waals surface area contributed by atoms with Crippen LogP contribution in [0, 0.1) is 11.6 Å². The van der Waals surface area contributed by atoms with Gasteiger partial charge in [0.25, 0.3) is 0 Å². The molecule has 0 aromatic heterocycles. The highest BCUT2D eigenvalue weighted by Gasteiger charge is 2.30. The lowest BCUT2D eigenvalue weighted by molar-refractivity contribution is 0.115. The fourth-order valence-electron chi connectivity index (χ4n) is 3.34. The molecule has 1 aliphatic heterocycles. The van der Waals surface area contributed by atoms with E-state index in [1.165, 1.54) is 9.87 Å². The number of nitrogens with zero attached hydrogens (tertiary/aromatic N) is 2. The van der Waals surface area contributed by atoms with Gasteiger partial charge in [0.15, 0.2) is 0 Å². The maximum absolute atomic E-state index is 13.9. The highest BCUT2D eigenvalue weighted by Crippen LogP contribution is 2.21. The van der Waals surface area contributed by atoms with Crippen molar-refractivity contribution in [3.8, 4) is 0 Å². The van der Waals surface area contributed by atoms with E-state index in [9.17, 15) is 17.2 Å². The average molecular weight is 425 g/mol. The van der Waals surface area contributed by atoms with Crippen LogP contribution in [0.2, 0.25) is 0 Å². The van der Waals surface area contributed by atoms with Crippen LogP contribution < -0.4 is 0 Å². The van der Waals surface area contributed by atoms with E-state index in [4.69, 9.17) is 4.74 Å². The third-order valence-corrected chi connectivity index (χ3v) is 6.92. The van der Waals surface area contributed by atoms with Crippen LogP contribution in [0.5, 0.6) is 0 Å². The molecule has 1 aliphatic rings. The second-order valence-corrected chi connectivity index (χ2v) is 8.93. The van der Waals surface area contributed by atoms with Crippen molar-refractivity contribution in [1.82, 2.24) is 9.21 Å². The molecule has 1 fully saturated rings. The Kier molecular flexibility index (Phi) is 7.71. The van der Waals surface area contributed by atoms with E-state index in [1.807, 2.05) is 18.2 Å². The second-order valence-electron chi connectivity index (χ2n) is 7.02. The lowest BCUT2D eigenvalue weighted by Crippen LogP contribution is -2.49. The van der Waals surface area contributed by atoms with Crippen LogP contribution in [0.25, 0.3) is 0 Å². The zero-order valence-corrected chi connectivity index (χ0v) is 17.1. The molecule has 29 heavy (non-hydrogen) atoms. The van der Waals surface area contributed by atoms with Gasteiger partial charge in [-0.2, -0.15) is 4.31 Å². The summed E-state index contributed by atoms with van der Waals surface area (Å²) in [5.74, 6) is -1.85. The maximum Gasteiger partial charge on any atom is 0.246 e. The number of ether oxygens (including phenoxy) is 1. The van der Waals surface area contributed by atoms with E-state index < -0.39 is 26.6 Å². The molecular formula is C21H26F2N2O3S.